The molecule has 1 unspecified atom stereocenters. The summed E-state index contributed by atoms with van der Waals surface area (Å²) >= 11 is 0. The zero-order valence-electron chi connectivity index (χ0n) is 11.6. The molecule has 0 saturated heterocycles. The first-order chi connectivity index (χ1) is 10.2. The van der Waals surface area contributed by atoms with Crippen molar-refractivity contribution in [2.24, 2.45) is 0 Å². The Labute approximate surface area is 123 Å². The van der Waals surface area contributed by atoms with Crippen LogP contribution in [0.25, 0.3) is 0 Å². The SMILES string of the molecule is O[C@@H]1CC(c2ccc(C3CC3)cc2)Oc2ccc(F)cc21. The number of rotatable bonds is 2. The first-order valence-electron chi connectivity index (χ1n) is 7.45. The predicted molar refractivity (Wildman–Crippen MR) is 77.8 cm³/mol. The Morgan fingerprint density at radius 1 is 1.00 bits per heavy atom. The van der Waals surface area contributed by atoms with E-state index in [1.165, 1.54) is 30.5 Å². The second-order valence-electron chi connectivity index (χ2n) is 5.98. The van der Waals surface area contributed by atoms with Crippen LogP contribution in [0.2, 0.25) is 0 Å². The molecule has 0 radical (unpaired) electrons. The van der Waals surface area contributed by atoms with Crippen molar-refractivity contribution in [2.75, 3.05) is 0 Å². The highest BCUT2D eigenvalue weighted by atomic mass is 19.1. The molecule has 2 nitrogen and oxygen atoms in total. The van der Waals surface area contributed by atoms with Gasteiger partial charge in [0.25, 0.3) is 0 Å². The van der Waals surface area contributed by atoms with Crippen LogP contribution in [0.3, 0.4) is 0 Å². The molecule has 108 valence electrons. The van der Waals surface area contributed by atoms with Gasteiger partial charge in [0, 0.05) is 12.0 Å². The first-order valence-corrected chi connectivity index (χ1v) is 7.45. The first kappa shape index (κ1) is 12.8. The summed E-state index contributed by atoms with van der Waals surface area (Å²) in [6.45, 7) is 0. The van der Waals surface area contributed by atoms with Crippen molar-refractivity contribution in [1.82, 2.24) is 0 Å². The highest BCUT2D eigenvalue weighted by Crippen LogP contribution is 2.43. The molecule has 1 aliphatic heterocycles. The fourth-order valence-corrected chi connectivity index (χ4v) is 3.02. The summed E-state index contributed by atoms with van der Waals surface area (Å²) < 4.78 is 19.2. The van der Waals surface area contributed by atoms with Crippen LogP contribution in [0, 0.1) is 5.82 Å². The van der Waals surface area contributed by atoms with Crippen molar-refractivity contribution in [2.45, 2.75) is 37.4 Å². The van der Waals surface area contributed by atoms with Gasteiger partial charge >= 0.3 is 0 Å². The Morgan fingerprint density at radius 3 is 2.43 bits per heavy atom. The zero-order chi connectivity index (χ0) is 14.4. The van der Waals surface area contributed by atoms with Crippen LogP contribution in [0.1, 0.15) is 54.1 Å². The van der Waals surface area contributed by atoms with Crippen LogP contribution >= 0.6 is 0 Å². The fraction of sp³-hybridized carbons (Fsp3) is 0.333. The van der Waals surface area contributed by atoms with Gasteiger partial charge in [0.05, 0.1) is 6.10 Å². The Bertz CT molecular complexity index is 661. The van der Waals surface area contributed by atoms with Crippen molar-refractivity contribution < 1.29 is 14.2 Å². The second-order valence-corrected chi connectivity index (χ2v) is 5.98. The average Bonchev–Trinajstić information content (AvgIpc) is 3.33. The average molecular weight is 284 g/mol. The largest absolute Gasteiger partial charge is 0.485 e. The van der Waals surface area contributed by atoms with Gasteiger partial charge in [-0.05, 0) is 48.1 Å². The number of aliphatic hydroxyl groups is 1. The number of hydrogen-bond donors (Lipinski definition) is 1. The standard InChI is InChI=1S/C18H17FO2/c19-14-7-8-17-15(9-14)16(20)10-18(21-17)13-5-3-12(4-6-13)11-1-2-11/h3-9,11,16,18,20H,1-2,10H2/t16-,18?/m1/s1. The molecule has 1 N–H and O–H groups in total. The van der Waals surface area contributed by atoms with E-state index in [9.17, 15) is 9.50 Å². The molecule has 2 aromatic rings. The van der Waals surface area contributed by atoms with E-state index >= 15 is 0 Å². The molecule has 0 spiro atoms. The molecule has 1 saturated carbocycles. The lowest BCUT2D eigenvalue weighted by Crippen LogP contribution is -2.19. The van der Waals surface area contributed by atoms with Crippen LogP contribution in [0.15, 0.2) is 42.5 Å². The maximum atomic E-state index is 13.2. The summed E-state index contributed by atoms with van der Waals surface area (Å²) in [6, 6.07) is 12.8. The van der Waals surface area contributed by atoms with E-state index in [0.717, 1.165) is 11.5 Å². The minimum Gasteiger partial charge on any atom is -0.485 e. The highest BCUT2D eigenvalue weighted by Gasteiger charge is 2.29. The monoisotopic (exact) mass is 284 g/mol. The third kappa shape index (κ3) is 2.42. The van der Waals surface area contributed by atoms with Gasteiger partial charge in [0.15, 0.2) is 0 Å². The number of halogens is 1. The molecule has 2 aromatic carbocycles. The van der Waals surface area contributed by atoms with Crippen molar-refractivity contribution in [3.63, 3.8) is 0 Å². The summed E-state index contributed by atoms with van der Waals surface area (Å²) in [5.41, 5.74) is 2.99. The Hall–Kier alpha value is -1.87. The van der Waals surface area contributed by atoms with Crippen LogP contribution in [-0.4, -0.2) is 5.11 Å². The van der Waals surface area contributed by atoms with Crippen molar-refractivity contribution in [3.05, 3.63) is 65.0 Å². The van der Waals surface area contributed by atoms with Crippen molar-refractivity contribution >= 4 is 0 Å². The van der Waals surface area contributed by atoms with Crippen LogP contribution in [0.5, 0.6) is 5.75 Å². The summed E-state index contributed by atoms with van der Waals surface area (Å²) in [4.78, 5) is 0. The lowest BCUT2D eigenvalue weighted by atomic mass is 9.94. The quantitative estimate of drug-likeness (QED) is 0.892. The van der Waals surface area contributed by atoms with E-state index in [2.05, 4.69) is 24.3 Å². The van der Waals surface area contributed by atoms with Gasteiger partial charge in [0.2, 0.25) is 0 Å². The molecule has 1 aliphatic carbocycles. The molecule has 4 rings (SSSR count). The van der Waals surface area contributed by atoms with Gasteiger partial charge in [-0.1, -0.05) is 24.3 Å². The van der Waals surface area contributed by atoms with E-state index in [0.29, 0.717) is 17.7 Å². The van der Waals surface area contributed by atoms with Gasteiger partial charge in [-0.25, -0.2) is 4.39 Å². The van der Waals surface area contributed by atoms with E-state index < -0.39 is 6.10 Å². The maximum Gasteiger partial charge on any atom is 0.127 e. The normalized spacial score (nSPS) is 24.3. The fourth-order valence-electron chi connectivity index (χ4n) is 3.02. The second kappa shape index (κ2) is 4.85. The molecule has 0 amide bonds. The number of benzene rings is 2. The van der Waals surface area contributed by atoms with Crippen LogP contribution in [0.4, 0.5) is 4.39 Å². The highest BCUT2D eigenvalue weighted by molar-refractivity contribution is 5.39. The lowest BCUT2D eigenvalue weighted by molar-refractivity contribution is 0.0653. The number of hydrogen-bond acceptors (Lipinski definition) is 2. The third-order valence-corrected chi connectivity index (χ3v) is 4.39. The lowest BCUT2D eigenvalue weighted by Gasteiger charge is -2.30. The Balaban J connectivity index is 1.60. The number of ether oxygens (including phenoxy) is 1. The molecule has 2 aliphatic rings. The summed E-state index contributed by atoms with van der Waals surface area (Å²) in [5, 5.41) is 10.2. The van der Waals surface area contributed by atoms with Gasteiger partial charge in [-0.2, -0.15) is 0 Å². The molecule has 1 heterocycles. The van der Waals surface area contributed by atoms with Gasteiger partial charge in [-0.3, -0.25) is 0 Å². The third-order valence-electron chi connectivity index (χ3n) is 4.39. The minimum atomic E-state index is -0.683. The topological polar surface area (TPSA) is 29.5 Å². The molecule has 0 aromatic heterocycles. The van der Waals surface area contributed by atoms with Crippen molar-refractivity contribution in [1.29, 1.82) is 0 Å². The summed E-state index contributed by atoms with van der Waals surface area (Å²) in [7, 11) is 0. The number of aliphatic hydroxyl groups excluding tert-OH is 1. The van der Waals surface area contributed by atoms with Gasteiger partial charge < -0.3 is 9.84 Å². The van der Waals surface area contributed by atoms with Gasteiger partial charge in [0.1, 0.15) is 17.7 Å². The number of fused-ring (bicyclic) bond motifs is 1. The molecule has 3 heteroatoms. The van der Waals surface area contributed by atoms with E-state index in [1.54, 1.807) is 6.07 Å². The molecule has 0 bridgehead atoms. The van der Waals surface area contributed by atoms with E-state index in [1.807, 2.05) is 0 Å². The Kier molecular flexibility index (Phi) is 2.96. The minimum absolute atomic E-state index is 0.175. The molecular weight excluding hydrogens is 267 g/mol. The van der Waals surface area contributed by atoms with E-state index in [-0.39, 0.29) is 11.9 Å². The smallest absolute Gasteiger partial charge is 0.127 e. The van der Waals surface area contributed by atoms with Gasteiger partial charge in [-0.15, -0.1) is 0 Å². The summed E-state index contributed by atoms with van der Waals surface area (Å²) in [6.07, 6.45) is 2.18. The van der Waals surface area contributed by atoms with Crippen LogP contribution in [-0.2, 0) is 0 Å². The van der Waals surface area contributed by atoms with Crippen molar-refractivity contribution in [3.8, 4) is 5.75 Å². The molecule has 21 heavy (non-hydrogen) atoms. The molecular formula is C18H17FO2. The van der Waals surface area contributed by atoms with Crippen LogP contribution < -0.4 is 4.74 Å². The maximum absolute atomic E-state index is 13.2. The Morgan fingerprint density at radius 2 is 1.71 bits per heavy atom. The summed E-state index contributed by atoms with van der Waals surface area (Å²) in [5.74, 6) is 0.968. The zero-order valence-corrected chi connectivity index (χ0v) is 11.6. The predicted octanol–water partition coefficient (Wildman–Crippen LogP) is 4.26. The molecule has 1 fully saturated rings. The van der Waals surface area contributed by atoms with E-state index in [4.69, 9.17) is 4.74 Å². The molecule has 2 atom stereocenters.